The Balaban J connectivity index is 1.68. The van der Waals surface area contributed by atoms with E-state index in [-0.39, 0.29) is 24.9 Å². The molecule has 8 heteroatoms. The molecule has 0 bridgehead atoms. The van der Waals surface area contributed by atoms with E-state index >= 15 is 0 Å². The van der Waals surface area contributed by atoms with Gasteiger partial charge in [0.1, 0.15) is 0 Å². The van der Waals surface area contributed by atoms with Crippen molar-refractivity contribution in [2.75, 3.05) is 31.5 Å². The van der Waals surface area contributed by atoms with Crippen LogP contribution in [0, 0.1) is 0 Å². The van der Waals surface area contributed by atoms with Crippen LogP contribution >= 0.6 is 0 Å². The molecule has 8 nitrogen and oxygen atoms in total. The van der Waals surface area contributed by atoms with Crippen LogP contribution in [0.3, 0.4) is 0 Å². The highest BCUT2D eigenvalue weighted by atomic mass is 16.4. The van der Waals surface area contributed by atoms with E-state index in [9.17, 15) is 14.4 Å². The second kappa shape index (κ2) is 5.55. The first-order valence-corrected chi connectivity index (χ1v) is 6.92. The second-order valence-corrected chi connectivity index (χ2v) is 5.13. The summed E-state index contributed by atoms with van der Waals surface area (Å²) in [7, 11) is 1.62. The van der Waals surface area contributed by atoms with Gasteiger partial charge in [0, 0.05) is 25.8 Å². The van der Waals surface area contributed by atoms with Gasteiger partial charge in [0.2, 0.25) is 11.8 Å². The predicted octanol–water partition coefficient (Wildman–Crippen LogP) is -0.498. The summed E-state index contributed by atoms with van der Waals surface area (Å²) in [4.78, 5) is 36.3. The Labute approximate surface area is 125 Å². The lowest BCUT2D eigenvalue weighted by molar-refractivity contribution is -0.136. The highest BCUT2D eigenvalue weighted by Crippen LogP contribution is 2.17. The first-order valence-electron chi connectivity index (χ1n) is 6.92. The highest BCUT2D eigenvalue weighted by molar-refractivity contribution is 5.88. The lowest BCUT2D eigenvalue weighted by atomic mass is 10.2. The Bertz CT molecular complexity index is 792. The van der Waals surface area contributed by atoms with Crippen molar-refractivity contribution in [3.63, 3.8) is 0 Å². The fraction of sp³-hybridized carbons (Fsp3) is 0.357. The molecule has 1 aliphatic heterocycles. The van der Waals surface area contributed by atoms with E-state index in [1.54, 1.807) is 25.2 Å². The highest BCUT2D eigenvalue weighted by Gasteiger charge is 2.20. The molecule has 2 heterocycles. The SMILES string of the molecule is Cn1c(=O)oc2ccc(NCC(=O)N3CCNC(=O)C3)cc21. The number of rotatable bonds is 3. The monoisotopic (exact) mass is 304 g/mol. The average molecular weight is 304 g/mol. The van der Waals surface area contributed by atoms with Crippen molar-refractivity contribution < 1.29 is 14.0 Å². The summed E-state index contributed by atoms with van der Waals surface area (Å²) in [5.74, 6) is -0.715. The standard InChI is InChI=1S/C14H16N4O4/c1-17-10-6-9(2-3-11(10)22-14(17)21)16-7-13(20)18-5-4-15-12(19)8-18/h2-3,6,16H,4-5,7-8H2,1H3,(H,15,19). The van der Waals surface area contributed by atoms with Crippen molar-refractivity contribution >= 4 is 28.6 Å². The van der Waals surface area contributed by atoms with Gasteiger partial charge in [0.05, 0.1) is 18.6 Å². The van der Waals surface area contributed by atoms with E-state index in [0.717, 1.165) is 0 Å². The number of oxazole rings is 1. The maximum Gasteiger partial charge on any atom is 0.419 e. The summed E-state index contributed by atoms with van der Waals surface area (Å²) in [5, 5.41) is 5.68. The number of benzene rings is 1. The third-order valence-corrected chi connectivity index (χ3v) is 3.63. The molecule has 2 N–H and O–H groups in total. The zero-order chi connectivity index (χ0) is 15.7. The summed E-state index contributed by atoms with van der Waals surface area (Å²) in [6.45, 7) is 1.18. The van der Waals surface area contributed by atoms with Crippen molar-refractivity contribution in [1.29, 1.82) is 0 Å². The molecule has 22 heavy (non-hydrogen) atoms. The van der Waals surface area contributed by atoms with E-state index in [1.165, 1.54) is 9.47 Å². The number of piperazine rings is 1. The minimum absolute atomic E-state index is 0.0879. The Hall–Kier alpha value is -2.77. The number of carbonyl (C=O) groups excluding carboxylic acids is 2. The van der Waals surface area contributed by atoms with E-state index in [2.05, 4.69) is 10.6 Å². The van der Waals surface area contributed by atoms with Crippen LogP contribution in [0.2, 0.25) is 0 Å². The maximum absolute atomic E-state index is 12.1. The van der Waals surface area contributed by atoms with Gasteiger partial charge in [-0.2, -0.15) is 0 Å². The molecule has 0 aliphatic carbocycles. The minimum atomic E-state index is -0.428. The lowest BCUT2D eigenvalue weighted by Gasteiger charge is -2.26. The molecule has 0 atom stereocenters. The summed E-state index contributed by atoms with van der Waals surface area (Å²) in [6.07, 6.45) is 0. The molecular weight excluding hydrogens is 288 g/mol. The summed E-state index contributed by atoms with van der Waals surface area (Å²) < 4.78 is 6.45. The topological polar surface area (TPSA) is 96.6 Å². The molecule has 0 unspecified atom stereocenters. The van der Waals surface area contributed by atoms with Gasteiger partial charge in [-0.1, -0.05) is 0 Å². The number of nitrogens with one attached hydrogen (secondary N) is 2. The van der Waals surface area contributed by atoms with Crippen LogP contribution in [0.4, 0.5) is 5.69 Å². The van der Waals surface area contributed by atoms with Crippen LogP contribution in [0.25, 0.3) is 11.1 Å². The van der Waals surface area contributed by atoms with E-state index in [0.29, 0.717) is 29.9 Å². The van der Waals surface area contributed by atoms with E-state index < -0.39 is 5.76 Å². The van der Waals surface area contributed by atoms with Crippen LogP contribution in [0.5, 0.6) is 0 Å². The Morgan fingerprint density at radius 1 is 1.41 bits per heavy atom. The molecule has 0 saturated carbocycles. The number of nitrogens with zero attached hydrogens (tertiary/aromatic N) is 2. The van der Waals surface area contributed by atoms with Crippen molar-refractivity contribution in [2.45, 2.75) is 0 Å². The molecule has 1 aliphatic rings. The number of hydrogen-bond acceptors (Lipinski definition) is 5. The van der Waals surface area contributed by atoms with Gasteiger partial charge in [0.15, 0.2) is 5.58 Å². The van der Waals surface area contributed by atoms with Crippen molar-refractivity contribution in [2.24, 2.45) is 7.05 Å². The fourth-order valence-corrected chi connectivity index (χ4v) is 2.38. The van der Waals surface area contributed by atoms with Gasteiger partial charge in [-0.15, -0.1) is 0 Å². The molecule has 116 valence electrons. The Morgan fingerprint density at radius 3 is 3.00 bits per heavy atom. The fourth-order valence-electron chi connectivity index (χ4n) is 2.38. The first-order chi connectivity index (χ1) is 10.5. The quantitative estimate of drug-likeness (QED) is 0.797. The molecule has 3 rings (SSSR count). The third kappa shape index (κ3) is 2.67. The summed E-state index contributed by atoms with van der Waals surface area (Å²) in [5.41, 5.74) is 1.86. The first kappa shape index (κ1) is 14.2. The predicted molar refractivity (Wildman–Crippen MR) is 79.5 cm³/mol. The largest absolute Gasteiger partial charge is 0.419 e. The van der Waals surface area contributed by atoms with Crippen LogP contribution in [0.1, 0.15) is 0 Å². The molecule has 1 fully saturated rings. The Morgan fingerprint density at radius 2 is 2.23 bits per heavy atom. The normalized spacial score (nSPS) is 15.0. The Kier molecular flexibility index (Phi) is 3.58. The number of carbonyl (C=O) groups is 2. The number of anilines is 1. The zero-order valence-electron chi connectivity index (χ0n) is 12.1. The van der Waals surface area contributed by atoms with E-state index in [1.807, 2.05) is 0 Å². The number of fused-ring (bicyclic) bond motifs is 1. The lowest BCUT2D eigenvalue weighted by Crippen LogP contribution is -2.51. The number of amides is 2. The van der Waals surface area contributed by atoms with Gasteiger partial charge in [0.25, 0.3) is 0 Å². The molecule has 1 saturated heterocycles. The van der Waals surface area contributed by atoms with Gasteiger partial charge in [-0.3, -0.25) is 14.2 Å². The minimum Gasteiger partial charge on any atom is -0.408 e. The molecule has 0 spiro atoms. The van der Waals surface area contributed by atoms with Crippen LogP contribution in [-0.4, -0.2) is 47.5 Å². The van der Waals surface area contributed by atoms with Crippen molar-refractivity contribution in [3.8, 4) is 0 Å². The molecule has 2 amide bonds. The summed E-state index contributed by atoms with van der Waals surface area (Å²) in [6, 6.07) is 5.16. The zero-order valence-corrected chi connectivity index (χ0v) is 12.1. The molecule has 2 aromatic rings. The van der Waals surface area contributed by atoms with Crippen LogP contribution in [-0.2, 0) is 16.6 Å². The summed E-state index contributed by atoms with van der Waals surface area (Å²) >= 11 is 0. The third-order valence-electron chi connectivity index (χ3n) is 3.63. The van der Waals surface area contributed by atoms with Crippen molar-refractivity contribution in [1.82, 2.24) is 14.8 Å². The average Bonchev–Trinajstić information content (AvgIpc) is 2.80. The second-order valence-electron chi connectivity index (χ2n) is 5.13. The van der Waals surface area contributed by atoms with Gasteiger partial charge >= 0.3 is 5.76 Å². The van der Waals surface area contributed by atoms with Crippen LogP contribution in [0.15, 0.2) is 27.4 Å². The number of aryl methyl sites for hydroxylation is 1. The molecule has 1 aromatic carbocycles. The van der Waals surface area contributed by atoms with E-state index in [4.69, 9.17) is 4.42 Å². The number of hydrogen-bond donors (Lipinski definition) is 2. The smallest absolute Gasteiger partial charge is 0.408 e. The van der Waals surface area contributed by atoms with Crippen LogP contribution < -0.4 is 16.4 Å². The molecular formula is C14H16N4O4. The molecule has 0 radical (unpaired) electrons. The number of aromatic nitrogens is 1. The van der Waals surface area contributed by atoms with Crippen molar-refractivity contribution in [3.05, 3.63) is 28.7 Å². The van der Waals surface area contributed by atoms with Gasteiger partial charge < -0.3 is 20.0 Å². The molecule has 1 aromatic heterocycles. The van der Waals surface area contributed by atoms with Gasteiger partial charge in [-0.25, -0.2) is 4.79 Å². The maximum atomic E-state index is 12.1. The van der Waals surface area contributed by atoms with Gasteiger partial charge in [-0.05, 0) is 18.2 Å².